The normalized spacial score (nSPS) is 14.9. The van der Waals surface area contributed by atoms with Gasteiger partial charge in [-0.3, -0.25) is 10.1 Å². The summed E-state index contributed by atoms with van der Waals surface area (Å²) in [4.78, 5) is 10.0. The van der Waals surface area contributed by atoms with E-state index < -0.39 is 4.92 Å². The maximum atomic E-state index is 10.5. The molecule has 1 aliphatic heterocycles. The van der Waals surface area contributed by atoms with Crippen LogP contribution in [0.25, 0.3) is 0 Å². The Kier molecular flexibility index (Phi) is 3.88. The van der Waals surface area contributed by atoms with Crippen LogP contribution in [0.15, 0.2) is 24.3 Å². The van der Waals surface area contributed by atoms with Gasteiger partial charge in [-0.2, -0.15) is 0 Å². The van der Waals surface area contributed by atoms with Gasteiger partial charge >= 0.3 is 0 Å². The highest BCUT2D eigenvalue weighted by atomic mass is 35.5. The van der Waals surface area contributed by atoms with Gasteiger partial charge in [0.25, 0.3) is 5.69 Å². The minimum atomic E-state index is -0.425. The molecule has 1 aliphatic rings. The minimum absolute atomic E-state index is 0. The molecule has 1 N–H and O–H groups in total. The summed E-state index contributed by atoms with van der Waals surface area (Å²) in [6.45, 7) is 1.62. The van der Waals surface area contributed by atoms with Gasteiger partial charge in [-0.05, 0) is 6.07 Å². The molecule has 0 aromatic heterocycles. The number of hydrogen-bond donors (Lipinski definition) is 1. The van der Waals surface area contributed by atoms with E-state index in [1.54, 1.807) is 12.1 Å². The first kappa shape index (κ1) is 11.7. The smallest absolute Gasteiger partial charge is 0.273 e. The van der Waals surface area contributed by atoms with Gasteiger partial charge in [0.2, 0.25) is 0 Å². The predicted molar refractivity (Wildman–Crippen MR) is 57.6 cm³/mol. The first-order valence-electron chi connectivity index (χ1n) is 4.37. The number of nitrogens with one attached hydrogen (secondary N) is 1. The maximum absolute atomic E-state index is 10.5. The standard InChI is InChI=1S/C9H10N2O3.ClH/c12-11(13)7-2-1-3-8(4-7)14-9-5-10-6-9;/h1-4,9-10H,5-6H2;1H. The van der Waals surface area contributed by atoms with Crippen molar-refractivity contribution in [2.75, 3.05) is 13.1 Å². The molecule has 0 aliphatic carbocycles. The summed E-state index contributed by atoms with van der Waals surface area (Å²) >= 11 is 0. The number of benzene rings is 1. The molecule has 0 saturated carbocycles. The first-order valence-corrected chi connectivity index (χ1v) is 4.37. The average Bonchev–Trinajstić information content (AvgIpc) is 2.12. The van der Waals surface area contributed by atoms with Gasteiger partial charge in [-0.15, -0.1) is 12.4 Å². The number of rotatable bonds is 3. The SMILES string of the molecule is Cl.O=[N+]([O-])c1cccc(OC2CNC2)c1. The van der Waals surface area contributed by atoms with E-state index >= 15 is 0 Å². The molecule has 0 amide bonds. The van der Waals surface area contributed by atoms with Crippen LogP contribution in [-0.2, 0) is 0 Å². The first-order chi connectivity index (χ1) is 6.75. The van der Waals surface area contributed by atoms with Crippen molar-refractivity contribution in [3.63, 3.8) is 0 Å². The van der Waals surface area contributed by atoms with Crippen molar-refractivity contribution in [2.24, 2.45) is 0 Å². The third kappa shape index (κ3) is 2.81. The lowest BCUT2D eigenvalue weighted by Gasteiger charge is -2.27. The quantitative estimate of drug-likeness (QED) is 0.629. The number of nitrogens with zero attached hydrogens (tertiary/aromatic N) is 1. The molecule has 1 heterocycles. The van der Waals surface area contributed by atoms with Crippen LogP contribution in [0.4, 0.5) is 5.69 Å². The Morgan fingerprint density at radius 3 is 2.73 bits per heavy atom. The van der Waals surface area contributed by atoms with Gasteiger partial charge in [-0.25, -0.2) is 0 Å². The second-order valence-corrected chi connectivity index (χ2v) is 3.15. The van der Waals surface area contributed by atoms with Crippen LogP contribution in [0.2, 0.25) is 0 Å². The zero-order chi connectivity index (χ0) is 9.97. The molecular weight excluding hydrogens is 220 g/mol. The van der Waals surface area contributed by atoms with Gasteiger partial charge < -0.3 is 10.1 Å². The molecule has 1 saturated heterocycles. The van der Waals surface area contributed by atoms with Crippen molar-refractivity contribution < 1.29 is 9.66 Å². The Morgan fingerprint density at radius 1 is 1.47 bits per heavy atom. The Morgan fingerprint density at radius 2 is 2.20 bits per heavy atom. The third-order valence-corrected chi connectivity index (χ3v) is 2.08. The maximum Gasteiger partial charge on any atom is 0.273 e. The van der Waals surface area contributed by atoms with Crippen LogP contribution in [0, 0.1) is 10.1 Å². The Balaban J connectivity index is 0.00000112. The molecule has 5 nitrogen and oxygen atoms in total. The van der Waals surface area contributed by atoms with Crippen LogP contribution < -0.4 is 10.1 Å². The molecule has 1 aromatic rings. The van der Waals surface area contributed by atoms with E-state index in [0.717, 1.165) is 13.1 Å². The van der Waals surface area contributed by atoms with Gasteiger partial charge in [0.05, 0.1) is 11.0 Å². The number of non-ortho nitro benzene ring substituents is 1. The summed E-state index contributed by atoms with van der Waals surface area (Å²) in [6.07, 6.45) is 0.150. The van der Waals surface area contributed by atoms with Gasteiger partial charge in [-0.1, -0.05) is 6.07 Å². The van der Waals surface area contributed by atoms with Gasteiger partial charge in [0.1, 0.15) is 11.9 Å². The van der Waals surface area contributed by atoms with E-state index in [-0.39, 0.29) is 24.2 Å². The zero-order valence-corrected chi connectivity index (χ0v) is 8.70. The highest BCUT2D eigenvalue weighted by molar-refractivity contribution is 5.85. The van der Waals surface area contributed by atoms with Crippen molar-refractivity contribution in [2.45, 2.75) is 6.10 Å². The van der Waals surface area contributed by atoms with E-state index in [9.17, 15) is 10.1 Å². The monoisotopic (exact) mass is 230 g/mol. The van der Waals surface area contributed by atoms with E-state index in [1.807, 2.05) is 0 Å². The van der Waals surface area contributed by atoms with E-state index in [4.69, 9.17) is 4.74 Å². The molecule has 1 aromatic carbocycles. The zero-order valence-electron chi connectivity index (χ0n) is 7.88. The number of halogens is 1. The highest BCUT2D eigenvalue weighted by Gasteiger charge is 2.18. The van der Waals surface area contributed by atoms with E-state index in [2.05, 4.69) is 5.32 Å². The number of ether oxygens (including phenoxy) is 1. The topological polar surface area (TPSA) is 64.4 Å². The molecule has 2 rings (SSSR count). The van der Waals surface area contributed by atoms with Crippen molar-refractivity contribution in [1.29, 1.82) is 0 Å². The second kappa shape index (κ2) is 4.95. The second-order valence-electron chi connectivity index (χ2n) is 3.15. The summed E-state index contributed by atoms with van der Waals surface area (Å²) in [5.74, 6) is 0.561. The molecule has 0 atom stereocenters. The molecule has 82 valence electrons. The Bertz CT molecular complexity index is 355. The molecule has 6 heteroatoms. The highest BCUT2D eigenvalue weighted by Crippen LogP contribution is 2.20. The summed E-state index contributed by atoms with van der Waals surface area (Å²) in [6, 6.07) is 6.25. The summed E-state index contributed by atoms with van der Waals surface area (Å²) < 4.78 is 5.47. The van der Waals surface area contributed by atoms with Crippen molar-refractivity contribution >= 4 is 18.1 Å². The molecular formula is C9H11ClN2O3. The van der Waals surface area contributed by atoms with Gasteiger partial charge in [0, 0.05) is 19.2 Å². The van der Waals surface area contributed by atoms with E-state index in [0.29, 0.717) is 5.75 Å². The van der Waals surface area contributed by atoms with E-state index in [1.165, 1.54) is 12.1 Å². The molecule has 0 unspecified atom stereocenters. The van der Waals surface area contributed by atoms with Crippen molar-refractivity contribution in [1.82, 2.24) is 5.32 Å². The lowest BCUT2D eigenvalue weighted by molar-refractivity contribution is -0.385. The van der Waals surface area contributed by atoms with Crippen LogP contribution in [0.1, 0.15) is 0 Å². The lowest BCUT2D eigenvalue weighted by Crippen LogP contribution is -2.50. The minimum Gasteiger partial charge on any atom is -0.488 e. The average molecular weight is 231 g/mol. The van der Waals surface area contributed by atoms with Crippen LogP contribution in [-0.4, -0.2) is 24.1 Å². The lowest BCUT2D eigenvalue weighted by atomic mass is 10.2. The predicted octanol–water partition coefficient (Wildman–Crippen LogP) is 1.37. The largest absolute Gasteiger partial charge is 0.488 e. The Labute approximate surface area is 93.0 Å². The summed E-state index contributed by atoms with van der Waals surface area (Å²) in [5.41, 5.74) is 0.0646. The fourth-order valence-electron chi connectivity index (χ4n) is 1.21. The van der Waals surface area contributed by atoms with Gasteiger partial charge in [0.15, 0.2) is 0 Å². The number of nitro groups is 1. The number of hydrogen-bond acceptors (Lipinski definition) is 4. The third-order valence-electron chi connectivity index (χ3n) is 2.08. The number of nitro benzene ring substituents is 1. The van der Waals surface area contributed by atoms with Crippen molar-refractivity contribution in [3.05, 3.63) is 34.4 Å². The molecule has 1 fully saturated rings. The summed E-state index contributed by atoms with van der Waals surface area (Å²) in [5, 5.41) is 13.5. The molecule has 0 bridgehead atoms. The summed E-state index contributed by atoms with van der Waals surface area (Å²) in [7, 11) is 0. The fourth-order valence-corrected chi connectivity index (χ4v) is 1.21. The van der Waals surface area contributed by atoms with Crippen LogP contribution in [0.5, 0.6) is 5.75 Å². The molecule has 0 radical (unpaired) electrons. The molecule has 0 spiro atoms. The van der Waals surface area contributed by atoms with Crippen LogP contribution >= 0.6 is 12.4 Å². The van der Waals surface area contributed by atoms with Crippen LogP contribution in [0.3, 0.4) is 0 Å². The fraction of sp³-hybridized carbons (Fsp3) is 0.333. The Hall–Kier alpha value is -1.33. The molecule has 15 heavy (non-hydrogen) atoms. The van der Waals surface area contributed by atoms with Crippen molar-refractivity contribution in [3.8, 4) is 5.75 Å².